The van der Waals surface area contributed by atoms with Crippen LogP contribution in [0.25, 0.3) is 0 Å². The van der Waals surface area contributed by atoms with Crippen molar-refractivity contribution in [2.45, 2.75) is 44.6 Å². The summed E-state index contributed by atoms with van der Waals surface area (Å²) in [5.41, 5.74) is 2.71. The lowest BCUT2D eigenvalue weighted by Crippen LogP contribution is -2.43. The molecule has 2 aromatic carbocycles. The number of nitrogens with zero attached hydrogens (tertiary/aromatic N) is 2. The fourth-order valence-electron chi connectivity index (χ4n) is 4.19. The van der Waals surface area contributed by atoms with Crippen LogP contribution in [0.4, 0.5) is 11.4 Å². The number of ether oxygens (including phenoxy) is 2. The smallest absolute Gasteiger partial charge is 0.243 e. The van der Waals surface area contributed by atoms with Crippen LogP contribution in [0.2, 0.25) is 0 Å². The van der Waals surface area contributed by atoms with Crippen LogP contribution in [0.3, 0.4) is 0 Å². The average molecular weight is 476 g/mol. The van der Waals surface area contributed by atoms with E-state index in [0.717, 1.165) is 24.3 Å². The van der Waals surface area contributed by atoms with Gasteiger partial charge in [-0.25, -0.2) is 8.42 Å². The lowest BCUT2D eigenvalue weighted by atomic mass is 10.1. The Hall–Kier alpha value is -2.78. The second-order valence-corrected chi connectivity index (χ2v) is 9.84. The zero-order valence-electron chi connectivity index (χ0n) is 19.9. The molecule has 1 N–H and O–H groups in total. The first kappa shape index (κ1) is 24.9. The van der Waals surface area contributed by atoms with E-state index in [0.29, 0.717) is 30.0 Å². The van der Waals surface area contributed by atoms with Crippen LogP contribution in [0.1, 0.15) is 32.3 Å². The Kier molecular flexibility index (Phi) is 7.86. The molecule has 1 atom stereocenters. The third-order valence-corrected chi connectivity index (χ3v) is 7.97. The van der Waals surface area contributed by atoms with E-state index in [1.165, 1.54) is 30.7 Å². The van der Waals surface area contributed by atoms with Crippen molar-refractivity contribution in [2.75, 3.05) is 44.1 Å². The molecular weight excluding hydrogens is 442 g/mol. The Morgan fingerprint density at radius 1 is 1.09 bits per heavy atom. The average Bonchev–Trinajstić information content (AvgIpc) is 3.32. The summed E-state index contributed by atoms with van der Waals surface area (Å²) in [5, 5.41) is 2.94. The molecule has 1 unspecified atom stereocenters. The first-order valence-electron chi connectivity index (χ1n) is 11.2. The molecule has 1 saturated heterocycles. The van der Waals surface area contributed by atoms with Crippen molar-refractivity contribution >= 4 is 27.3 Å². The highest BCUT2D eigenvalue weighted by Gasteiger charge is 2.39. The van der Waals surface area contributed by atoms with E-state index in [4.69, 9.17) is 9.47 Å². The largest absolute Gasteiger partial charge is 0.493 e. The Bertz CT molecular complexity index is 1100. The van der Waals surface area contributed by atoms with E-state index in [1.54, 1.807) is 6.07 Å². The molecule has 0 saturated carbocycles. The maximum Gasteiger partial charge on any atom is 0.243 e. The van der Waals surface area contributed by atoms with Crippen LogP contribution in [0.15, 0.2) is 41.3 Å². The quantitative estimate of drug-likeness (QED) is 0.596. The predicted molar refractivity (Wildman–Crippen MR) is 130 cm³/mol. The van der Waals surface area contributed by atoms with E-state index in [-0.39, 0.29) is 17.3 Å². The Morgan fingerprint density at radius 3 is 2.39 bits per heavy atom. The van der Waals surface area contributed by atoms with Crippen molar-refractivity contribution in [1.29, 1.82) is 0 Å². The van der Waals surface area contributed by atoms with E-state index in [2.05, 4.69) is 24.1 Å². The summed E-state index contributed by atoms with van der Waals surface area (Å²) < 4.78 is 38.5. The van der Waals surface area contributed by atoms with Crippen molar-refractivity contribution in [3.63, 3.8) is 0 Å². The normalized spacial score (nSPS) is 16.5. The van der Waals surface area contributed by atoms with Gasteiger partial charge in [-0.2, -0.15) is 4.31 Å². The molecule has 0 aliphatic carbocycles. The van der Waals surface area contributed by atoms with Crippen LogP contribution in [0, 0.1) is 6.92 Å². The zero-order chi connectivity index (χ0) is 24.2. The first-order valence-corrected chi connectivity index (χ1v) is 12.6. The molecule has 33 heavy (non-hydrogen) atoms. The number of methoxy groups -OCH3 is 2. The Morgan fingerprint density at radius 2 is 1.79 bits per heavy atom. The number of carbonyl (C=O) groups is 1. The topological polar surface area (TPSA) is 88.2 Å². The summed E-state index contributed by atoms with van der Waals surface area (Å²) >= 11 is 0. The zero-order valence-corrected chi connectivity index (χ0v) is 20.7. The van der Waals surface area contributed by atoms with Gasteiger partial charge in [0.05, 0.1) is 19.1 Å². The Balaban J connectivity index is 1.82. The number of anilines is 2. The van der Waals surface area contributed by atoms with Gasteiger partial charge in [0.2, 0.25) is 15.9 Å². The lowest BCUT2D eigenvalue weighted by molar-refractivity contribution is -0.119. The molecule has 180 valence electrons. The van der Waals surface area contributed by atoms with E-state index in [9.17, 15) is 13.2 Å². The summed E-state index contributed by atoms with van der Waals surface area (Å²) in [5.74, 6) is 0.439. The SMILES string of the molecule is CCN(CC)c1ccc(NC(=O)C2CCCN2S(=O)(=O)c2ccc(OC)c(OC)c2)c(C)c1. The molecule has 3 rings (SSSR count). The van der Waals surface area contributed by atoms with Crippen LogP contribution in [-0.4, -0.2) is 58.5 Å². The van der Waals surface area contributed by atoms with Crippen molar-refractivity contribution in [1.82, 2.24) is 4.31 Å². The van der Waals surface area contributed by atoms with Gasteiger partial charge in [0.15, 0.2) is 11.5 Å². The second kappa shape index (κ2) is 10.4. The van der Waals surface area contributed by atoms with Gasteiger partial charge in [0.25, 0.3) is 0 Å². The van der Waals surface area contributed by atoms with E-state index in [1.807, 2.05) is 25.1 Å². The molecule has 1 aliphatic rings. The van der Waals surface area contributed by atoms with Gasteiger partial charge in [-0.3, -0.25) is 4.79 Å². The van der Waals surface area contributed by atoms with Gasteiger partial charge in [-0.05, 0) is 69.5 Å². The maximum absolute atomic E-state index is 13.4. The fraction of sp³-hybridized carbons (Fsp3) is 0.458. The minimum atomic E-state index is -3.89. The van der Waals surface area contributed by atoms with Crippen LogP contribution in [0.5, 0.6) is 11.5 Å². The van der Waals surface area contributed by atoms with Crippen LogP contribution >= 0.6 is 0 Å². The number of hydrogen-bond acceptors (Lipinski definition) is 6. The monoisotopic (exact) mass is 475 g/mol. The van der Waals surface area contributed by atoms with Crippen molar-refractivity contribution < 1.29 is 22.7 Å². The highest BCUT2D eigenvalue weighted by atomic mass is 32.2. The lowest BCUT2D eigenvalue weighted by Gasteiger charge is -2.25. The molecule has 9 heteroatoms. The van der Waals surface area contributed by atoms with Gasteiger partial charge in [0, 0.05) is 37.1 Å². The van der Waals surface area contributed by atoms with Crippen LogP contribution in [-0.2, 0) is 14.8 Å². The van der Waals surface area contributed by atoms with Gasteiger partial charge >= 0.3 is 0 Å². The summed E-state index contributed by atoms with van der Waals surface area (Å²) in [4.78, 5) is 15.4. The molecule has 0 spiro atoms. The summed E-state index contributed by atoms with van der Waals surface area (Å²) in [7, 11) is -0.945. The number of amides is 1. The standard InChI is InChI=1S/C24H33N3O5S/c1-6-26(7-2)18-10-12-20(17(3)15-18)25-24(28)21-9-8-14-27(21)33(29,30)19-11-13-22(31-4)23(16-19)32-5/h10-13,15-16,21H,6-9,14H2,1-5H3,(H,25,28). The van der Waals surface area contributed by atoms with Gasteiger partial charge in [-0.1, -0.05) is 0 Å². The summed E-state index contributed by atoms with van der Waals surface area (Å²) in [6.07, 6.45) is 1.08. The number of sulfonamides is 1. The molecule has 1 amide bonds. The first-order chi connectivity index (χ1) is 15.8. The highest BCUT2D eigenvalue weighted by molar-refractivity contribution is 7.89. The van der Waals surface area contributed by atoms with E-state index < -0.39 is 16.1 Å². The highest BCUT2D eigenvalue weighted by Crippen LogP contribution is 2.33. The van der Waals surface area contributed by atoms with Crippen molar-refractivity contribution in [3.8, 4) is 11.5 Å². The van der Waals surface area contributed by atoms with Crippen molar-refractivity contribution in [2.24, 2.45) is 0 Å². The molecular formula is C24H33N3O5S. The minimum absolute atomic E-state index is 0.0691. The number of hydrogen-bond donors (Lipinski definition) is 1. The molecule has 0 radical (unpaired) electrons. The number of nitrogens with one attached hydrogen (secondary N) is 1. The number of rotatable bonds is 9. The fourth-order valence-corrected chi connectivity index (χ4v) is 5.86. The molecule has 2 aromatic rings. The number of aryl methyl sites for hydroxylation is 1. The second-order valence-electron chi connectivity index (χ2n) is 7.95. The van der Waals surface area contributed by atoms with Crippen molar-refractivity contribution in [3.05, 3.63) is 42.0 Å². The molecule has 8 nitrogen and oxygen atoms in total. The third kappa shape index (κ3) is 5.09. The van der Waals surface area contributed by atoms with E-state index >= 15 is 0 Å². The third-order valence-electron chi connectivity index (χ3n) is 6.06. The molecule has 1 fully saturated rings. The van der Waals surface area contributed by atoms with Crippen LogP contribution < -0.4 is 19.7 Å². The molecule has 0 aromatic heterocycles. The molecule has 1 aliphatic heterocycles. The summed E-state index contributed by atoms with van der Waals surface area (Å²) in [6.45, 7) is 8.22. The Labute approximate surface area is 196 Å². The summed E-state index contributed by atoms with van der Waals surface area (Å²) in [6, 6.07) is 9.57. The van der Waals surface area contributed by atoms with Gasteiger partial charge < -0.3 is 19.7 Å². The van der Waals surface area contributed by atoms with Gasteiger partial charge in [0.1, 0.15) is 6.04 Å². The molecule has 0 bridgehead atoms. The number of carbonyl (C=O) groups excluding carboxylic acids is 1. The number of benzene rings is 2. The molecule has 1 heterocycles. The minimum Gasteiger partial charge on any atom is -0.493 e. The predicted octanol–water partition coefficient (Wildman–Crippen LogP) is 3.65. The van der Waals surface area contributed by atoms with Gasteiger partial charge in [-0.15, -0.1) is 0 Å². The maximum atomic E-state index is 13.4.